The summed E-state index contributed by atoms with van der Waals surface area (Å²) in [4.78, 5) is 39.2. The summed E-state index contributed by atoms with van der Waals surface area (Å²) in [5.41, 5.74) is -0.0748. The zero-order valence-electron chi connectivity index (χ0n) is 16.8. The number of hydrogen-bond acceptors (Lipinski definition) is 3. The van der Waals surface area contributed by atoms with Crippen molar-refractivity contribution in [3.8, 4) is 0 Å². The maximum Gasteiger partial charge on any atom is 0.325 e. The molecule has 1 aliphatic heterocycles. The zero-order valence-corrected chi connectivity index (χ0v) is 17.6. The Hall–Kier alpha value is -2.08. The second kappa shape index (κ2) is 7.39. The molecule has 1 aliphatic carbocycles. The van der Waals surface area contributed by atoms with Crippen LogP contribution in [0.15, 0.2) is 24.3 Å². The van der Waals surface area contributed by atoms with Crippen LogP contribution in [-0.2, 0) is 9.59 Å². The van der Waals surface area contributed by atoms with Crippen LogP contribution in [0.2, 0.25) is 5.02 Å². The smallest absolute Gasteiger partial charge is 0.325 e. The lowest BCUT2D eigenvalue weighted by Crippen LogP contribution is -2.54. The first-order valence-electron chi connectivity index (χ1n) is 9.70. The van der Waals surface area contributed by atoms with Gasteiger partial charge in [0.05, 0.1) is 6.04 Å². The number of imide groups is 1. The molecule has 0 unspecified atom stereocenters. The van der Waals surface area contributed by atoms with E-state index in [2.05, 4.69) is 31.4 Å². The van der Waals surface area contributed by atoms with Crippen LogP contribution in [0.4, 0.5) is 4.79 Å². The Morgan fingerprint density at radius 3 is 2.71 bits per heavy atom. The number of carbonyl (C=O) groups is 3. The SMILES string of the molecule is C[C@@H]1CC(C)(C)C[C@]2(C1)NC(=O)N(CC(=O)N[C@@H](C)c1cccc(Cl)c1)C2=O. The van der Waals surface area contributed by atoms with E-state index in [1.54, 1.807) is 12.1 Å². The van der Waals surface area contributed by atoms with Gasteiger partial charge in [-0.3, -0.25) is 14.5 Å². The maximum absolute atomic E-state index is 13.1. The molecule has 2 N–H and O–H groups in total. The number of urea groups is 1. The first-order valence-corrected chi connectivity index (χ1v) is 10.1. The molecule has 0 aromatic heterocycles. The van der Waals surface area contributed by atoms with Gasteiger partial charge in [-0.05, 0) is 55.2 Å². The van der Waals surface area contributed by atoms with E-state index < -0.39 is 11.6 Å². The largest absolute Gasteiger partial charge is 0.348 e. The van der Waals surface area contributed by atoms with Gasteiger partial charge in [-0.15, -0.1) is 0 Å². The normalized spacial score (nSPS) is 27.6. The van der Waals surface area contributed by atoms with Crippen LogP contribution >= 0.6 is 11.6 Å². The summed E-state index contributed by atoms with van der Waals surface area (Å²) < 4.78 is 0. The van der Waals surface area contributed by atoms with Gasteiger partial charge >= 0.3 is 6.03 Å². The minimum Gasteiger partial charge on any atom is -0.348 e. The van der Waals surface area contributed by atoms with Gasteiger partial charge < -0.3 is 10.6 Å². The number of amides is 4. The highest BCUT2D eigenvalue weighted by Crippen LogP contribution is 2.46. The van der Waals surface area contributed by atoms with E-state index in [9.17, 15) is 14.4 Å². The lowest BCUT2D eigenvalue weighted by molar-refractivity contribution is -0.137. The quantitative estimate of drug-likeness (QED) is 0.750. The Kier molecular flexibility index (Phi) is 5.45. The molecule has 3 atom stereocenters. The Morgan fingerprint density at radius 2 is 2.07 bits per heavy atom. The van der Waals surface area contributed by atoms with Crippen LogP contribution in [0.25, 0.3) is 0 Å². The molecule has 28 heavy (non-hydrogen) atoms. The second-order valence-corrected chi connectivity index (χ2v) is 9.54. The third kappa shape index (κ3) is 4.17. The molecule has 152 valence electrons. The van der Waals surface area contributed by atoms with Crippen molar-refractivity contribution < 1.29 is 14.4 Å². The Bertz CT molecular complexity index is 810. The monoisotopic (exact) mass is 405 g/mol. The van der Waals surface area contributed by atoms with Crippen LogP contribution < -0.4 is 10.6 Å². The fourth-order valence-electron chi connectivity index (χ4n) is 4.94. The van der Waals surface area contributed by atoms with Crippen molar-refractivity contribution in [3.05, 3.63) is 34.9 Å². The lowest BCUT2D eigenvalue weighted by atomic mass is 9.64. The van der Waals surface area contributed by atoms with Crippen LogP contribution in [0, 0.1) is 11.3 Å². The number of carbonyl (C=O) groups excluding carboxylic acids is 3. The highest BCUT2D eigenvalue weighted by atomic mass is 35.5. The van der Waals surface area contributed by atoms with E-state index in [-0.39, 0.29) is 29.8 Å². The molecule has 1 saturated carbocycles. The number of rotatable bonds is 4. The predicted octanol–water partition coefficient (Wildman–Crippen LogP) is 3.65. The molecule has 1 aromatic rings. The average molecular weight is 406 g/mol. The summed E-state index contributed by atoms with van der Waals surface area (Å²) >= 11 is 6.00. The highest BCUT2D eigenvalue weighted by Gasteiger charge is 2.56. The van der Waals surface area contributed by atoms with Crippen molar-refractivity contribution in [2.24, 2.45) is 11.3 Å². The molecule has 0 bridgehead atoms. The average Bonchev–Trinajstić information content (AvgIpc) is 2.76. The van der Waals surface area contributed by atoms with Crippen molar-refractivity contribution in [1.29, 1.82) is 0 Å². The zero-order chi connectivity index (χ0) is 20.7. The van der Waals surface area contributed by atoms with Crippen LogP contribution in [0.5, 0.6) is 0 Å². The molecular formula is C21H28ClN3O3. The first kappa shape index (κ1) is 20.6. The van der Waals surface area contributed by atoms with Crippen molar-refractivity contribution in [1.82, 2.24) is 15.5 Å². The van der Waals surface area contributed by atoms with Gasteiger partial charge in [-0.2, -0.15) is 0 Å². The van der Waals surface area contributed by atoms with Crippen LogP contribution in [0.3, 0.4) is 0 Å². The summed E-state index contributed by atoms with van der Waals surface area (Å²) in [5, 5.41) is 6.32. The first-order chi connectivity index (χ1) is 13.0. The molecule has 2 fully saturated rings. The molecule has 1 saturated heterocycles. The molecule has 4 amide bonds. The summed E-state index contributed by atoms with van der Waals surface area (Å²) in [5.74, 6) is -0.344. The molecule has 3 rings (SSSR count). The predicted molar refractivity (Wildman–Crippen MR) is 108 cm³/mol. The summed E-state index contributed by atoms with van der Waals surface area (Å²) in [6.45, 7) is 7.89. The van der Waals surface area contributed by atoms with E-state index in [1.807, 2.05) is 19.1 Å². The number of halogens is 1. The van der Waals surface area contributed by atoms with Gasteiger partial charge in [0.1, 0.15) is 12.1 Å². The number of benzene rings is 1. The standard InChI is InChI=1S/C21H28ClN3O3/c1-13-9-20(3,4)12-21(10-13)18(27)25(19(28)24-21)11-17(26)23-14(2)15-6-5-7-16(22)8-15/h5-8,13-14H,9-12H2,1-4H3,(H,23,26)(H,24,28)/t13-,14+,21+/m1/s1. The fraction of sp³-hybridized carbons (Fsp3) is 0.571. The van der Waals surface area contributed by atoms with Crippen molar-refractivity contribution in [2.45, 2.75) is 58.5 Å². The van der Waals surface area contributed by atoms with Gasteiger partial charge in [0.2, 0.25) is 5.91 Å². The van der Waals surface area contributed by atoms with E-state index in [1.165, 1.54) is 0 Å². The molecule has 2 aliphatic rings. The van der Waals surface area contributed by atoms with E-state index in [4.69, 9.17) is 11.6 Å². The Balaban J connectivity index is 1.68. The van der Waals surface area contributed by atoms with E-state index in [0.717, 1.165) is 16.9 Å². The summed E-state index contributed by atoms with van der Waals surface area (Å²) in [7, 11) is 0. The summed E-state index contributed by atoms with van der Waals surface area (Å²) in [6.07, 6.45) is 2.21. The lowest BCUT2D eigenvalue weighted by Gasteiger charge is -2.43. The van der Waals surface area contributed by atoms with E-state index in [0.29, 0.717) is 23.8 Å². The van der Waals surface area contributed by atoms with E-state index >= 15 is 0 Å². The van der Waals surface area contributed by atoms with Crippen LogP contribution in [0.1, 0.15) is 58.6 Å². The van der Waals surface area contributed by atoms with Crippen molar-refractivity contribution in [3.63, 3.8) is 0 Å². The fourth-order valence-corrected chi connectivity index (χ4v) is 5.14. The molecule has 7 heteroatoms. The van der Waals surface area contributed by atoms with Gasteiger partial charge in [0.15, 0.2) is 0 Å². The van der Waals surface area contributed by atoms with Gasteiger partial charge in [-0.25, -0.2) is 4.79 Å². The second-order valence-electron chi connectivity index (χ2n) is 9.10. The topological polar surface area (TPSA) is 78.5 Å². The molecule has 1 heterocycles. The highest BCUT2D eigenvalue weighted by molar-refractivity contribution is 6.30. The van der Waals surface area contributed by atoms with Crippen LogP contribution in [-0.4, -0.2) is 34.8 Å². The Morgan fingerprint density at radius 1 is 1.36 bits per heavy atom. The van der Waals surface area contributed by atoms with Crippen molar-refractivity contribution in [2.75, 3.05) is 6.54 Å². The molecule has 0 radical (unpaired) electrons. The molecule has 6 nitrogen and oxygen atoms in total. The number of nitrogens with one attached hydrogen (secondary N) is 2. The molecule has 1 spiro atoms. The van der Waals surface area contributed by atoms with Gasteiger partial charge in [0, 0.05) is 5.02 Å². The minimum absolute atomic E-state index is 0.0417. The van der Waals surface area contributed by atoms with Gasteiger partial charge in [-0.1, -0.05) is 44.5 Å². The molecular weight excluding hydrogens is 378 g/mol. The number of nitrogens with zero attached hydrogens (tertiary/aromatic N) is 1. The molecule has 1 aromatic carbocycles. The minimum atomic E-state index is -0.892. The Labute approximate surface area is 171 Å². The third-order valence-electron chi connectivity index (χ3n) is 5.65. The maximum atomic E-state index is 13.1. The third-order valence-corrected chi connectivity index (χ3v) is 5.89. The van der Waals surface area contributed by atoms with Gasteiger partial charge in [0.25, 0.3) is 5.91 Å². The number of hydrogen-bond donors (Lipinski definition) is 2. The summed E-state index contributed by atoms with van der Waals surface area (Å²) in [6, 6.07) is 6.45. The van der Waals surface area contributed by atoms with Crippen molar-refractivity contribution >= 4 is 29.4 Å².